The normalized spacial score (nSPS) is 24.8. The Hall–Kier alpha value is -2.58. The molecule has 3 aliphatic heterocycles. The summed E-state index contributed by atoms with van der Waals surface area (Å²) in [6.07, 6.45) is 13.9. The number of methoxy groups -OCH3 is 1. The summed E-state index contributed by atoms with van der Waals surface area (Å²) in [7, 11) is 1.71. The monoisotopic (exact) mass is 555 g/mol. The lowest BCUT2D eigenvalue weighted by atomic mass is 9.75. The Kier molecular flexibility index (Phi) is 11.3. The second kappa shape index (κ2) is 14.9. The molecular weight excluding hydrogens is 506 g/mol. The molecule has 6 rings (SSSR count). The summed E-state index contributed by atoms with van der Waals surface area (Å²) in [5, 5.41) is 8.02. The lowest BCUT2D eigenvalue weighted by molar-refractivity contribution is -0.122. The molecule has 2 aromatic rings. The van der Waals surface area contributed by atoms with Crippen LogP contribution in [0.25, 0.3) is 10.9 Å². The van der Waals surface area contributed by atoms with Gasteiger partial charge in [-0.15, -0.1) is 0 Å². The third-order valence-corrected chi connectivity index (χ3v) is 9.43. The van der Waals surface area contributed by atoms with Crippen LogP contribution in [-0.4, -0.2) is 80.1 Å². The van der Waals surface area contributed by atoms with E-state index in [1.807, 2.05) is 18.3 Å². The van der Waals surface area contributed by atoms with Crippen LogP contribution in [0.3, 0.4) is 0 Å². The van der Waals surface area contributed by atoms with Crippen molar-refractivity contribution in [1.82, 2.24) is 9.88 Å². The first kappa shape index (κ1) is 30.4. The molecule has 1 saturated carbocycles. The lowest BCUT2D eigenvalue weighted by Gasteiger charge is -2.38. The zero-order chi connectivity index (χ0) is 28.4. The van der Waals surface area contributed by atoms with Gasteiger partial charge in [-0.05, 0) is 94.6 Å². The van der Waals surface area contributed by atoms with E-state index in [-0.39, 0.29) is 6.47 Å². The highest BCUT2D eigenvalue weighted by atomic mass is 16.5. The predicted molar refractivity (Wildman–Crippen MR) is 160 cm³/mol. The van der Waals surface area contributed by atoms with E-state index < -0.39 is 0 Å². The van der Waals surface area contributed by atoms with Crippen molar-refractivity contribution in [2.75, 3.05) is 57.9 Å². The molecular formula is C32H49N3O5. The molecule has 2 saturated heterocycles. The van der Waals surface area contributed by atoms with Gasteiger partial charge in [0.25, 0.3) is 6.47 Å². The molecule has 1 spiro atoms. The highest BCUT2D eigenvalue weighted by Gasteiger charge is 2.41. The number of hydrogen-bond donors (Lipinski definition) is 1. The van der Waals surface area contributed by atoms with Crippen molar-refractivity contribution < 1.29 is 24.1 Å². The van der Waals surface area contributed by atoms with Crippen molar-refractivity contribution in [2.24, 2.45) is 11.8 Å². The van der Waals surface area contributed by atoms with Crippen LogP contribution < -0.4 is 14.4 Å². The molecule has 40 heavy (non-hydrogen) atoms. The van der Waals surface area contributed by atoms with Gasteiger partial charge in [0.05, 0.1) is 36.7 Å². The summed E-state index contributed by atoms with van der Waals surface area (Å²) in [6, 6.07) is 6.08. The number of benzene rings is 1. The summed E-state index contributed by atoms with van der Waals surface area (Å²) in [5.41, 5.74) is 2.51. The van der Waals surface area contributed by atoms with Gasteiger partial charge in [0.2, 0.25) is 0 Å². The molecule has 4 aliphatic rings. The molecule has 0 radical (unpaired) electrons. The number of anilines is 1. The van der Waals surface area contributed by atoms with Crippen LogP contribution in [0.1, 0.15) is 71.6 Å². The molecule has 2 unspecified atom stereocenters. The average Bonchev–Trinajstić information content (AvgIpc) is 3.47. The number of nitrogens with zero attached hydrogens (tertiary/aromatic N) is 3. The SMILES string of the molecule is CC1CCCCC12CCCO2.CCN1CCC(CCN2CCOc3cnc4ccc(OC)cc4c32)CC1.O=CO. The fraction of sp³-hybridized carbons (Fsp3) is 0.688. The lowest BCUT2D eigenvalue weighted by Crippen LogP contribution is -2.38. The van der Waals surface area contributed by atoms with Gasteiger partial charge in [0.15, 0.2) is 5.75 Å². The van der Waals surface area contributed by atoms with Gasteiger partial charge >= 0.3 is 0 Å². The number of carbonyl (C=O) groups is 1. The Morgan fingerprint density at radius 2 is 1.90 bits per heavy atom. The second-order valence-corrected chi connectivity index (χ2v) is 11.6. The zero-order valence-corrected chi connectivity index (χ0v) is 24.8. The number of rotatable bonds is 5. The Balaban J connectivity index is 0.000000218. The van der Waals surface area contributed by atoms with E-state index in [0.717, 1.165) is 60.5 Å². The Labute approximate surface area is 240 Å². The number of hydrogen-bond acceptors (Lipinski definition) is 7. The molecule has 4 heterocycles. The van der Waals surface area contributed by atoms with Crippen LogP contribution in [0.5, 0.6) is 11.5 Å². The third kappa shape index (κ3) is 7.38. The standard InChI is InChI=1S/C21H29N3O2.C10H18O.CH2O2/c1-3-23-9-6-16(7-10-23)8-11-24-12-13-26-20-15-22-19-5-4-17(25-2)14-18(19)21(20)24;1-9-5-2-3-6-10(9)7-4-8-11-10;2-1-3/h4-5,14-16H,3,6-13H2,1-2H3;9H,2-8H2,1H3;1H,(H,2,3). The van der Waals surface area contributed by atoms with Crippen molar-refractivity contribution >= 4 is 23.1 Å². The fourth-order valence-electron chi connectivity index (χ4n) is 6.92. The van der Waals surface area contributed by atoms with Crippen LogP contribution in [0.4, 0.5) is 5.69 Å². The summed E-state index contributed by atoms with van der Waals surface area (Å²) >= 11 is 0. The highest BCUT2D eigenvalue weighted by Crippen LogP contribution is 2.43. The maximum atomic E-state index is 8.36. The molecule has 8 nitrogen and oxygen atoms in total. The van der Waals surface area contributed by atoms with E-state index in [4.69, 9.17) is 24.1 Å². The van der Waals surface area contributed by atoms with E-state index in [0.29, 0.717) is 5.60 Å². The minimum Gasteiger partial charge on any atom is -0.497 e. The molecule has 1 aliphatic carbocycles. The van der Waals surface area contributed by atoms with E-state index in [9.17, 15) is 0 Å². The van der Waals surface area contributed by atoms with Crippen LogP contribution in [0.15, 0.2) is 24.4 Å². The van der Waals surface area contributed by atoms with E-state index in [2.05, 4.69) is 34.7 Å². The first-order valence-electron chi connectivity index (χ1n) is 15.3. The smallest absolute Gasteiger partial charge is 0.290 e. The molecule has 0 amide bonds. The topological polar surface area (TPSA) is 84.4 Å². The Morgan fingerprint density at radius 1 is 1.12 bits per heavy atom. The van der Waals surface area contributed by atoms with Gasteiger partial charge < -0.3 is 29.1 Å². The molecule has 1 aromatic heterocycles. The number of likely N-dealkylation sites (tertiary alicyclic amines) is 1. The van der Waals surface area contributed by atoms with Crippen molar-refractivity contribution in [3.8, 4) is 11.5 Å². The Bertz CT molecular complexity index is 1060. The quantitative estimate of drug-likeness (QED) is 0.449. The van der Waals surface area contributed by atoms with Gasteiger partial charge in [-0.2, -0.15) is 0 Å². The largest absolute Gasteiger partial charge is 0.497 e. The van der Waals surface area contributed by atoms with Gasteiger partial charge in [-0.1, -0.05) is 26.7 Å². The van der Waals surface area contributed by atoms with Crippen LogP contribution in [0.2, 0.25) is 0 Å². The van der Waals surface area contributed by atoms with Gasteiger partial charge in [-0.25, -0.2) is 0 Å². The number of fused-ring (bicyclic) bond motifs is 3. The van der Waals surface area contributed by atoms with E-state index in [1.54, 1.807) is 7.11 Å². The number of piperidine rings is 1. The van der Waals surface area contributed by atoms with Crippen molar-refractivity contribution in [2.45, 2.75) is 77.2 Å². The fourth-order valence-corrected chi connectivity index (χ4v) is 6.92. The Morgan fingerprint density at radius 3 is 2.58 bits per heavy atom. The summed E-state index contributed by atoms with van der Waals surface area (Å²) in [4.78, 5) is 18.0. The average molecular weight is 556 g/mol. The molecule has 3 fully saturated rings. The van der Waals surface area contributed by atoms with Crippen LogP contribution in [-0.2, 0) is 9.53 Å². The van der Waals surface area contributed by atoms with Crippen LogP contribution >= 0.6 is 0 Å². The molecule has 222 valence electrons. The first-order chi connectivity index (χ1) is 19.5. The number of ether oxygens (including phenoxy) is 3. The summed E-state index contributed by atoms with van der Waals surface area (Å²) < 4.78 is 17.2. The number of aromatic nitrogens is 1. The minimum absolute atomic E-state index is 0.250. The number of carboxylic acid groups (broad SMARTS) is 1. The summed E-state index contributed by atoms with van der Waals surface area (Å²) in [6.45, 7) is 11.9. The molecule has 1 aromatic carbocycles. The molecule has 2 atom stereocenters. The molecule has 8 heteroatoms. The highest BCUT2D eigenvalue weighted by molar-refractivity contribution is 5.96. The second-order valence-electron chi connectivity index (χ2n) is 11.6. The number of pyridine rings is 1. The van der Waals surface area contributed by atoms with Gasteiger partial charge in [0.1, 0.15) is 12.4 Å². The third-order valence-electron chi connectivity index (χ3n) is 9.43. The first-order valence-corrected chi connectivity index (χ1v) is 15.3. The van der Waals surface area contributed by atoms with E-state index in [1.165, 1.54) is 83.1 Å². The van der Waals surface area contributed by atoms with Crippen molar-refractivity contribution in [1.29, 1.82) is 0 Å². The molecule has 1 N–H and O–H groups in total. The zero-order valence-electron chi connectivity index (χ0n) is 24.8. The van der Waals surface area contributed by atoms with Crippen molar-refractivity contribution in [3.05, 3.63) is 24.4 Å². The maximum Gasteiger partial charge on any atom is 0.290 e. The minimum atomic E-state index is -0.250. The van der Waals surface area contributed by atoms with Gasteiger partial charge in [0, 0.05) is 18.5 Å². The molecule has 0 bridgehead atoms. The van der Waals surface area contributed by atoms with Crippen LogP contribution in [0, 0.1) is 11.8 Å². The summed E-state index contributed by atoms with van der Waals surface area (Å²) in [5.74, 6) is 3.42. The van der Waals surface area contributed by atoms with E-state index >= 15 is 0 Å². The van der Waals surface area contributed by atoms with Gasteiger partial charge in [-0.3, -0.25) is 9.78 Å². The predicted octanol–water partition coefficient (Wildman–Crippen LogP) is 6.01. The van der Waals surface area contributed by atoms with Crippen molar-refractivity contribution in [3.63, 3.8) is 0 Å². The maximum absolute atomic E-state index is 8.36.